The first-order valence-corrected chi connectivity index (χ1v) is 8.62. The predicted molar refractivity (Wildman–Crippen MR) is 103 cm³/mol. The Bertz CT molecular complexity index is 1160. The Kier molecular flexibility index (Phi) is 5.58. The van der Waals surface area contributed by atoms with Crippen molar-refractivity contribution < 1.29 is 18.3 Å². The summed E-state index contributed by atoms with van der Waals surface area (Å²) in [7, 11) is 5.80. The van der Waals surface area contributed by atoms with Crippen LogP contribution in [-0.2, 0) is 0 Å². The molecule has 3 aromatic heterocycles. The summed E-state index contributed by atoms with van der Waals surface area (Å²) in [5, 5.41) is 0. The van der Waals surface area contributed by atoms with Crippen molar-refractivity contribution in [3.05, 3.63) is 81.3 Å². The van der Waals surface area contributed by atoms with Crippen molar-refractivity contribution in [3.8, 4) is 11.4 Å². The molecule has 29 heavy (non-hydrogen) atoms. The van der Waals surface area contributed by atoms with Crippen molar-refractivity contribution in [2.24, 2.45) is 0 Å². The molecule has 3 aromatic rings. The maximum Gasteiger partial charge on any atom is 0.259 e. The molecular formula is C20H16BF2N3O3. The first-order valence-electron chi connectivity index (χ1n) is 8.62. The Morgan fingerprint density at radius 1 is 1.14 bits per heavy atom. The number of aryl methyl sites for hydroxylation is 2. The first-order chi connectivity index (χ1) is 13.7. The molecule has 0 N–H and O–H groups in total. The number of ether oxygens (including phenoxy) is 1. The van der Waals surface area contributed by atoms with Gasteiger partial charge in [-0.1, -0.05) is 0 Å². The van der Waals surface area contributed by atoms with Gasteiger partial charge in [0.2, 0.25) is 0 Å². The zero-order chi connectivity index (χ0) is 21.3. The van der Waals surface area contributed by atoms with Gasteiger partial charge in [-0.15, -0.1) is 0 Å². The van der Waals surface area contributed by atoms with Gasteiger partial charge in [0.25, 0.3) is 5.56 Å². The van der Waals surface area contributed by atoms with Gasteiger partial charge >= 0.3 is 0 Å². The number of Topliss-reactive ketones (excluding diaryl/α,β-unsaturated/α-hetero) is 1. The Balaban J connectivity index is 1.97. The van der Waals surface area contributed by atoms with Gasteiger partial charge in [-0.25, -0.2) is 8.78 Å². The second-order valence-electron chi connectivity index (χ2n) is 6.48. The number of halogens is 2. The van der Waals surface area contributed by atoms with Crippen LogP contribution in [0, 0.1) is 25.5 Å². The van der Waals surface area contributed by atoms with Gasteiger partial charge in [0.05, 0.1) is 17.9 Å². The number of ketones is 1. The van der Waals surface area contributed by atoms with E-state index in [2.05, 4.69) is 9.97 Å². The molecule has 1 unspecified atom stereocenters. The van der Waals surface area contributed by atoms with E-state index in [1.165, 1.54) is 35.9 Å². The molecule has 0 bridgehead atoms. The van der Waals surface area contributed by atoms with Gasteiger partial charge in [0, 0.05) is 37.0 Å². The van der Waals surface area contributed by atoms with Crippen LogP contribution in [0.5, 0.6) is 5.75 Å². The van der Waals surface area contributed by atoms with Crippen molar-refractivity contribution in [2.45, 2.75) is 26.8 Å². The van der Waals surface area contributed by atoms with Crippen molar-refractivity contribution >= 4 is 13.6 Å². The molecule has 0 aliphatic carbocycles. The lowest BCUT2D eigenvalue weighted by molar-refractivity contribution is 0.101. The van der Waals surface area contributed by atoms with Crippen molar-refractivity contribution in [3.63, 3.8) is 0 Å². The smallest absolute Gasteiger partial charge is 0.259 e. The monoisotopic (exact) mass is 395 g/mol. The van der Waals surface area contributed by atoms with E-state index in [0.717, 1.165) is 6.20 Å². The molecule has 0 saturated heterocycles. The summed E-state index contributed by atoms with van der Waals surface area (Å²) in [6, 6.07) is 3.57. The molecule has 9 heteroatoms. The van der Waals surface area contributed by atoms with Gasteiger partial charge in [-0.3, -0.25) is 24.1 Å². The van der Waals surface area contributed by atoms with Crippen molar-refractivity contribution in [1.29, 1.82) is 0 Å². The lowest BCUT2D eigenvalue weighted by Gasteiger charge is -2.18. The van der Waals surface area contributed by atoms with Crippen LogP contribution in [0.1, 0.15) is 40.4 Å². The average molecular weight is 395 g/mol. The van der Waals surface area contributed by atoms with Crippen LogP contribution in [-0.4, -0.2) is 28.2 Å². The molecule has 2 radical (unpaired) electrons. The highest BCUT2D eigenvalue weighted by molar-refractivity contribution is 6.11. The zero-order valence-corrected chi connectivity index (χ0v) is 15.9. The van der Waals surface area contributed by atoms with Gasteiger partial charge in [-0.2, -0.15) is 0 Å². The Morgan fingerprint density at radius 3 is 2.48 bits per heavy atom. The van der Waals surface area contributed by atoms with Gasteiger partial charge in [0.15, 0.2) is 11.6 Å². The average Bonchev–Trinajstić information content (AvgIpc) is 2.62. The van der Waals surface area contributed by atoms with Gasteiger partial charge in [-0.05, 0) is 25.5 Å². The molecule has 0 amide bonds. The second kappa shape index (κ2) is 7.94. The highest BCUT2D eigenvalue weighted by atomic mass is 19.1. The minimum atomic E-state index is -1.34. The molecule has 6 nitrogen and oxygen atoms in total. The highest BCUT2D eigenvalue weighted by Crippen LogP contribution is 2.22. The van der Waals surface area contributed by atoms with Crippen molar-refractivity contribution in [2.75, 3.05) is 0 Å². The molecule has 0 saturated carbocycles. The summed E-state index contributed by atoms with van der Waals surface area (Å²) >= 11 is 0. The van der Waals surface area contributed by atoms with E-state index in [1.807, 2.05) is 0 Å². The summed E-state index contributed by atoms with van der Waals surface area (Å²) < 4.78 is 33.7. The van der Waals surface area contributed by atoms with E-state index in [-0.39, 0.29) is 22.9 Å². The molecule has 3 rings (SSSR count). The van der Waals surface area contributed by atoms with Crippen LogP contribution < -0.4 is 10.3 Å². The SMILES string of the molecule is [B]C(Oc1cc(C)n(-c2cc(C(C)=O)ncc2C)c(=O)c1)c1ncc(F)cc1F. The lowest BCUT2D eigenvalue weighted by atomic mass is 9.95. The quantitative estimate of drug-likeness (QED) is 0.491. The van der Waals surface area contributed by atoms with Crippen LogP contribution in [0.25, 0.3) is 5.69 Å². The fraction of sp³-hybridized carbons (Fsp3) is 0.200. The van der Waals surface area contributed by atoms with Crippen LogP contribution in [0.2, 0.25) is 0 Å². The third-order valence-corrected chi connectivity index (χ3v) is 4.24. The topological polar surface area (TPSA) is 74.1 Å². The normalized spacial score (nSPS) is 11.9. The number of nitrogens with zero attached hydrogens (tertiary/aromatic N) is 3. The van der Waals surface area contributed by atoms with Gasteiger partial charge < -0.3 is 4.74 Å². The zero-order valence-electron chi connectivity index (χ0n) is 15.9. The van der Waals surface area contributed by atoms with E-state index in [1.54, 1.807) is 13.8 Å². The van der Waals surface area contributed by atoms with Crippen LogP contribution in [0.4, 0.5) is 8.78 Å². The number of carbonyl (C=O) groups is 1. The number of hydrogen-bond donors (Lipinski definition) is 0. The maximum atomic E-state index is 13.8. The highest BCUT2D eigenvalue weighted by Gasteiger charge is 2.17. The minimum absolute atomic E-state index is 0.0975. The number of hydrogen-bond acceptors (Lipinski definition) is 5. The molecule has 0 aliphatic rings. The third kappa shape index (κ3) is 4.23. The lowest BCUT2D eigenvalue weighted by Crippen LogP contribution is -2.22. The molecule has 0 fully saturated rings. The molecular weight excluding hydrogens is 379 g/mol. The summed E-state index contributed by atoms with van der Waals surface area (Å²) in [5.74, 6) is -1.92. The molecule has 3 heterocycles. The summed E-state index contributed by atoms with van der Waals surface area (Å²) in [4.78, 5) is 32.0. The second-order valence-corrected chi connectivity index (χ2v) is 6.48. The van der Waals surface area contributed by atoms with E-state index in [4.69, 9.17) is 12.6 Å². The standard InChI is InChI=1S/C20H16BF2N3O3/c1-10-8-24-16(12(3)27)7-17(10)26-11(2)4-14(6-18(26)28)29-20(21)19-15(23)5-13(22)9-25-19/h4-9,20H,1-3H3. The van der Waals surface area contributed by atoms with E-state index in [9.17, 15) is 18.4 Å². The van der Waals surface area contributed by atoms with Gasteiger partial charge in [0.1, 0.15) is 30.8 Å². The predicted octanol–water partition coefficient (Wildman–Crippen LogP) is 2.97. The molecule has 0 spiro atoms. The molecule has 0 aromatic carbocycles. The summed E-state index contributed by atoms with van der Waals surface area (Å²) in [5.41, 5.74) is 1.21. The Hall–Kier alpha value is -3.36. The number of carbonyl (C=O) groups excluding carboxylic acids is 1. The van der Waals surface area contributed by atoms with Crippen LogP contribution >= 0.6 is 0 Å². The number of aromatic nitrogens is 3. The summed E-state index contributed by atoms with van der Waals surface area (Å²) in [6.45, 7) is 4.82. The summed E-state index contributed by atoms with van der Waals surface area (Å²) in [6.07, 6.45) is 2.34. The van der Waals surface area contributed by atoms with Crippen LogP contribution in [0.15, 0.2) is 41.5 Å². The Labute approximate surface area is 166 Å². The number of pyridine rings is 3. The van der Waals surface area contributed by atoms with E-state index in [0.29, 0.717) is 23.0 Å². The molecule has 146 valence electrons. The largest absolute Gasteiger partial charge is 0.494 e. The van der Waals surface area contributed by atoms with E-state index < -0.39 is 23.2 Å². The maximum absolute atomic E-state index is 13.8. The Morgan fingerprint density at radius 2 is 1.86 bits per heavy atom. The van der Waals surface area contributed by atoms with Crippen LogP contribution in [0.3, 0.4) is 0 Å². The fourth-order valence-corrected chi connectivity index (χ4v) is 2.83. The van der Waals surface area contributed by atoms with E-state index >= 15 is 0 Å². The third-order valence-electron chi connectivity index (χ3n) is 4.24. The van der Waals surface area contributed by atoms with Crippen molar-refractivity contribution in [1.82, 2.24) is 14.5 Å². The molecule has 1 atom stereocenters. The minimum Gasteiger partial charge on any atom is -0.494 e. The first kappa shape index (κ1) is 20.4. The molecule has 0 aliphatic heterocycles. The fourth-order valence-electron chi connectivity index (χ4n) is 2.83. The number of rotatable bonds is 5.